The van der Waals surface area contributed by atoms with Crippen LogP contribution >= 0.6 is 0 Å². The molecule has 0 atom stereocenters. The van der Waals surface area contributed by atoms with E-state index in [2.05, 4.69) is 0 Å². The summed E-state index contributed by atoms with van der Waals surface area (Å²) in [5, 5.41) is 0. The predicted molar refractivity (Wildman–Crippen MR) is 104 cm³/mol. The Hall–Kier alpha value is -2.87. The van der Waals surface area contributed by atoms with Crippen molar-refractivity contribution in [1.82, 2.24) is 9.13 Å². The number of sulfonamides is 1. The standard InChI is InChI=1S/C19H19N3O4S/c1-12-10-15-16(21(3)19(24)18(23)20(15)2)11-17(12)27(25,26)22-9-8-13-6-4-5-7-14(13)22/h4-7,10-11H,8-9H2,1-3H3. The van der Waals surface area contributed by atoms with E-state index in [9.17, 15) is 18.0 Å². The van der Waals surface area contributed by atoms with Crippen LogP contribution < -0.4 is 15.4 Å². The Morgan fingerprint density at radius 1 is 0.926 bits per heavy atom. The highest BCUT2D eigenvalue weighted by Gasteiger charge is 2.32. The second kappa shape index (κ2) is 5.82. The van der Waals surface area contributed by atoms with E-state index in [1.807, 2.05) is 18.2 Å². The predicted octanol–water partition coefficient (Wildman–Crippen LogP) is 1.30. The van der Waals surface area contributed by atoms with Crippen molar-refractivity contribution < 1.29 is 8.42 Å². The zero-order chi connectivity index (χ0) is 19.5. The zero-order valence-electron chi connectivity index (χ0n) is 15.3. The summed E-state index contributed by atoms with van der Waals surface area (Å²) in [6.07, 6.45) is 0.662. The Kier molecular flexibility index (Phi) is 3.78. The SMILES string of the molecule is Cc1cc2c(cc1S(=O)(=O)N1CCc3ccccc31)n(C)c(=O)c(=O)n2C. The molecule has 0 saturated carbocycles. The molecule has 0 radical (unpaired) electrons. The summed E-state index contributed by atoms with van der Waals surface area (Å²) in [4.78, 5) is 24.3. The van der Waals surface area contributed by atoms with Crippen LogP contribution in [0.5, 0.6) is 0 Å². The van der Waals surface area contributed by atoms with E-state index in [1.165, 1.54) is 33.6 Å². The Balaban J connectivity index is 1.99. The Morgan fingerprint density at radius 3 is 2.19 bits per heavy atom. The third-order valence-corrected chi connectivity index (χ3v) is 7.15. The minimum Gasteiger partial charge on any atom is -0.305 e. The van der Waals surface area contributed by atoms with Gasteiger partial charge in [0.15, 0.2) is 0 Å². The lowest BCUT2D eigenvalue weighted by Gasteiger charge is -2.21. The van der Waals surface area contributed by atoms with Crippen molar-refractivity contribution in [3.8, 4) is 0 Å². The van der Waals surface area contributed by atoms with Gasteiger partial charge in [-0.15, -0.1) is 0 Å². The molecule has 3 aromatic rings. The van der Waals surface area contributed by atoms with Crippen LogP contribution in [0.3, 0.4) is 0 Å². The zero-order valence-corrected chi connectivity index (χ0v) is 16.1. The molecule has 0 unspecified atom stereocenters. The number of para-hydroxylation sites is 1. The fourth-order valence-corrected chi connectivity index (χ4v) is 5.39. The number of hydrogen-bond donors (Lipinski definition) is 0. The summed E-state index contributed by atoms with van der Waals surface area (Å²) in [5.74, 6) is 0. The first-order valence-corrected chi connectivity index (χ1v) is 9.98. The van der Waals surface area contributed by atoms with Crippen LogP contribution in [-0.2, 0) is 30.5 Å². The molecule has 0 spiro atoms. The molecule has 2 heterocycles. The fraction of sp³-hybridized carbons (Fsp3) is 0.263. The van der Waals surface area contributed by atoms with E-state index in [1.54, 1.807) is 19.1 Å². The topological polar surface area (TPSA) is 81.4 Å². The van der Waals surface area contributed by atoms with Crippen LogP contribution in [0, 0.1) is 6.92 Å². The highest BCUT2D eigenvalue weighted by Crippen LogP contribution is 2.34. The first kappa shape index (κ1) is 17.5. The van der Waals surface area contributed by atoms with Crippen molar-refractivity contribution >= 4 is 26.7 Å². The summed E-state index contributed by atoms with van der Waals surface area (Å²) in [6.45, 7) is 2.08. The highest BCUT2D eigenvalue weighted by atomic mass is 32.2. The molecule has 0 aliphatic carbocycles. The molecule has 8 heteroatoms. The minimum absolute atomic E-state index is 0.139. The Bertz CT molecular complexity index is 1320. The molecule has 0 N–H and O–H groups in total. The van der Waals surface area contributed by atoms with E-state index in [0.29, 0.717) is 35.2 Å². The van der Waals surface area contributed by atoms with Crippen molar-refractivity contribution in [2.75, 3.05) is 10.8 Å². The number of aryl methyl sites for hydroxylation is 3. The third-order valence-electron chi connectivity index (χ3n) is 5.20. The Labute approximate surface area is 156 Å². The quantitative estimate of drug-likeness (QED) is 0.623. The van der Waals surface area contributed by atoms with Crippen molar-refractivity contribution in [2.24, 2.45) is 14.1 Å². The fourth-order valence-electron chi connectivity index (χ4n) is 3.66. The van der Waals surface area contributed by atoms with Gasteiger partial charge in [-0.05, 0) is 42.7 Å². The molecular weight excluding hydrogens is 366 g/mol. The smallest absolute Gasteiger partial charge is 0.305 e. The van der Waals surface area contributed by atoms with Crippen LogP contribution in [-0.4, -0.2) is 24.1 Å². The lowest BCUT2D eigenvalue weighted by molar-refractivity contribution is 0.591. The van der Waals surface area contributed by atoms with Gasteiger partial charge in [0.1, 0.15) is 0 Å². The number of hydrogen-bond acceptors (Lipinski definition) is 4. The van der Waals surface area contributed by atoms with Crippen molar-refractivity contribution in [3.63, 3.8) is 0 Å². The van der Waals surface area contributed by atoms with Gasteiger partial charge in [-0.2, -0.15) is 0 Å². The maximum absolute atomic E-state index is 13.4. The number of aromatic nitrogens is 2. The van der Waals surface area contributed by atoms with E-state index >= 15 is 0 Å². The summed E-state index contributed by atoms with van der Waals surface area (Å²) in [6, 6.07) is 10.6. The third kappa shape index (κ3) is 2.43. The van der Waals surface area contributed by atoms with Crippen molar-refractivity contribution in [2.45, 2.75) is 18.2 Å². The van der Waals surface area contributed by atoms with Gasteiger partial charge in [0.05, 0.1) is 21.6 Å². The molecule has 7 nitrogen and oxygen atoms in total. The first-order chi connectivity index (χ1) is 12.7. The second-order valence-corrected chi connectivity index (χ2v) is 8.62. The molecule has 0 saturated heterocycles. The summed E-state index contributed by atoms with van der Waals surface area (Å²) in [7, 11) is -0.811. The van der Waals surface area contributed by atoms with Gasteiger partial charge in [-0.1, -0.05) is 18.2 Å². The van der Waals surface area contributed by atoms with Gasteiger partial charge >= 0.3 is 11.1 Å². The van der Waals surface area contributed by atoms with E-state index in [4.69, 9.17) is 0 Å². The Morgan fingerprint density at radius 2 is 1.52 bits per heavy atom. The summed E-state index contributed by atoms with van der Waals surface area (Å²) < 4.78 is 30.6. The largest absolute Gasteiger partial charge is 0.316 e. The normalized spacial score (nSPS) is 14.0. The van der Waals surface area contributed by atoms with Crippen LogP contribution in [0.15, 0.2) is 50.9 Å². The number of nitrogens with zero attached hydrogens (tertiary/aromatic N) is 3. The number of fused-ring (bicyclic) bond motifs is 2. The van der Waals surface area contributed by atoms with E-state index < -0.39 is 21.1 Å². The molecule has 1 aromatic heterocycles. The van der Waals surface area contributed by atoms with Crippen LogP contribution in [0.4, 0.5) is 5.69 Å². The lowest BCUT2D eigenvalue weighted by Crippen LogP contribution is -2.39. The number of anilines is 1. The lowest BCUT2D eigenvalue weighted by atomic mass is 10.2. The van der Waals surface area contributed by atoms with Gasteiger partial charge in [0.25, 0.3) is 10.0 Å². The van der Waals surface area contributed by atoms with E-state index in [-0.39, 0.29) is 4.90 Å². The number of rotatable bonds is 2. The van der Waals surface area contributed by atoms with Crippen LogP contribution in [0.2, 0.25) is 0 Å². The van der Waals surface area contributed by atoms with Gasteiger partial charge in [0, 0.05) is 20.6 Å². The maximum Gasteiger partial charge on any atom is 0.316 e. The van der Waals surface area contributed by atoms with Crippen molar-refractivity contribution in [3.05, 3.63) is 68.2 Å². The maximum atomic E-state index is 13.4. The molecule has 140 valence electrons. The van der Waals surface area contributed by atoms with Crippen LogP contribution in [0.25, 0.3) is 11.0 Å². The molecule has 0 amide bonds. The van der Waals surface area contributed by atoms with Crippen molar-refractivity contribution in [1.29, 1.82) is 0 Å². The second-order valence-electron chi connectivity index (χ2n) is 6.79. The van der Waals surface area contributed by atoms with Crippen LogP contribution in [0.1, 0.15) is 11.1 Å². The highest BCUT2D eigenvalue weighted by molar-refractivity contribution is 7.93. The summed E-state index contributed by atoms with van der Waals surface area (Å²) >= 11 is 0. The molecule has 0 bridgehead atoms. The first-order valence-electron chi connectivity index (χ1n) is 8.54. The van der Waals surface area contributed by atoms with Gasteiger partial charge in [-0.25, -0.2) is 8.42 Å². The van der Waals surface area contributed by atoms with Gasteiger partial charge in [-0.3, -0.25) is 13.9 Å². The average molecular weight is 385 g/mol. The molecule has 27 heavy (non-hydrogen) atoms. The molecule has 4 rings (SSSR count). The molecule has 1 aliphatic heterocycles. The molecule has 1 aliphatic rings. The van der Waals surface area contributed by atoms with Gasteiger partial charge < -0.3 is 9.13 Å². The molecule has 0 fully saturated rings. The molecule has 2 aromatic carbocycles. The monoisotopic (exact) mass is 385 g/mol. The molecular formula is C19H19N3O4S. The average Bonchev–Trinajstić information content (AvgIpc) is 3.09. The van der Waals surface area contributed by atoms with Gasteiger partial charge in [0.2, 0.25) is 0 Å². The summed E-state index contributed by atoms with van der Waals surface area (Å²) in [5.41, 5.74) is 1.79. The van der Waals surface area contributed by atoms with E-state index in [0.717, 1.165) is 5.56 Å². The number of benzene rings is 2. The minimum atomic E-state index is -3.80.